The number of morpholine rings is 1. The van der Waals surface area contributed by atoms with E-state index in [4.69, 9.17) is 9.47 Å². The monoisotopic (exact) mass is 448 g/mol. The molecule has 2 rings (SSSR count). The molecule has 0 bridgehead atoms. The van der Waals surface area contributed by atoms with E-state index >= 15 is 0 Å². The fourth-order valence-corrected chi connectivity index (χ4v) is 3.22. The first kappa shape index (κ1) is 25.9. The lowest BCUT2D eigenvalue weighted by molar-refractivity contribution is 0.0232. The van der Waals surface area contributed by atoms with Gasteiger partial charge in [-0.15, -0.1) is 0 Å². The van der Waals surface area contributed by atoms with Crippen LogP contribution in [-0.4, -0.2) is 91.5 Å². The number of amides is 1. The first-order chi connectivity index (χ1) is 15.4. The topological polar surface area (TPSA) is 91.3 Å². The number of hydrogen-bond donors (Lipinski definition) is 2. The number of carbonyl (C=O) groups is 1. The van der Waals surface area contributed by atoms with Gasteiger partial charge in [-0.2, -0.15) is 0 Å². The highest BCUT2D eigenvalue weighted by atomic mass is 16.6. The molecule has 1 fully saturated rings. The summed E-state index contributed by atoms with van der Waals surface area (Å²) in [5.74, 6) is 0.803. The molecular weight excluding hydrogens is 408 g/mol. The molecule has 0 spiro atoms. The number of nitrogens with zero attached hydrogens (tertiary/aromatic N) is 4. The van der Waals surface area contributed by atoms with Gasteiger partial charge in [-0.05, 0) is 45.7 Å². The molecule has 9 nitrogen and oxygen atoms in total. The molecule has 0 saturated carbocycles. The van der Waals surface area contributed by atoms with Gasteiger partial charge in [0, 0.05) is 58.2 Å². The summed E-state index contributed by atoms with van der Waals surface area (Å²) in [6, 6.07) is 3.84. The van der Waals surface area contributed by atoms with Crippen molar-refractivity contribution >= 4 is 12.1 Å². The molecule has 1 saturated heterocycles. The fraction of sp³-hybridized carbons (Fsp3) is 0.696. The van der Waals surface area contributed by atoms with Gasteiger partial charge in [0.2, 0.25) is 0 Å². The van der Waals surface area contributed by atoms with Crippen LogP contribution < -0.4 is 10.6 Å². The van der Waals surface area contributed by atoms with Gasteiger partial charge in [-0.1, -0.05) is 6.07 Å². The zero-order chi connectivity index (χ0) is 23.2. The minimum atomic E-state index is -0.537. The number of aromatic nitrogens is 1. The van der Waals surface area contributed by atoms with Crippen molar-refractivity contribution in [3.05, 3.63) is 30.1 Å². The summed E-state index contributed by atoms with van der Waals surface area (Å²) in [4.78, 5) is 25.6. The molecule has 0 aromatic carbocycles. The van der Waals surface area contributed by atoms with Crippen LogP contribution in [-0.2, 0) is 16.0 Å². The van der Waals surface area contributed by atoms with Gasteiger partial charge < -0.3 is 25.0 Å². The third kappa shape index (κ3) is 10.8. The number of carbonyl (C=O) groups excluding carboxylic acids is 1. The minimum absolute atomic E-state index is 0.319. The summed E-state index contributed by atoms with van der Waals surface area (Å²) in [6.45, 7) is 15.5. The van der Waals surface area contributed by atoms with Crippen LogP contribution in [0.1, 0.15) is 39.7 Å². The second-order valence-electron chi connectivity index (χ2n) is 8.76. The first-order valence-electron chi connectivity index (χ1n) is 11.6. The number of pyridine rings is 1. The highest BCUT2D eigenvalue weighted by molar-refractivity contribution is 5.79. The summed E-state index contributed by atoms with van der Waals surface area (Å²) in [6.07, 6.45) is 3.92. The second kappa shape index (κ2) is 13.9. The summed E-state index contributed by atoms with van der Waals surface area (Å²) in [5.41, 5.74) is 0.436. The maximum atomic E-state index is 12.7. The summed E-state index contributed by atoms with van der Waals surface area (Å²) in [7, 11) is 0. The van der Waals surface area contributed by atoms with Crippen molar-refractivity contribution in [2.75, 3.05) is 59.0 Å². The van der Waals surface area contributed by atoms with Crippen molar-refractivity contribution in [3.63, 3.8) is 0 Å². The van der Waals surface area contributed by atoms with E-state index in [1.807, 2.05) is 32.9 Å². The Balaban J connectivity index is 1.84. The van der Waals surface area contributed by atoms with E-state index in [2.05, 4.69) is 32.4 Å². The zero-order valence-electron chi connectivity index (χ0n) is 20.1. The van der Waals surface area contributed by atoms with Crippen LogP contribution in [0, 0.1) is 0 Å². The molecule has 1 aliphatic rings. The van der Waals surface area contributed by atoms with Gasteiger partial charge in [0.1, 0.15) is 5.60 Å². The molecule has 0 atom stereocenters. The smallest absolute Gasteiger partial charge is 0.410 e. The lowest BCUT2D eigenvalue weighted by Crippen LogP contribution is -2.44. The van der Waals surface area contributed by atoms with Crippen molar-refractivity contribution < 1.29 is 14.3 Å². The molecule has 1 aliphatic heterocycles. The third-order valence-electron chi connectivity index (χ3n) is 4.77. The maximum absolute atomic E-state index is 12.7. The molecule has 0 aliphatic carbocycles. The van der Waals surface area contributed by atoms with E-state index in [0.717, 1.165) is 63.9 Å². The van der Waals surface area contributed by atoms with E-state index in [0.29, 0.717) is 19.6 Å². The standard InChI is InChI=1S/C23H40N6O3/c1-5-25-21(27-11-13-28-14-16-31-17-15-28)26-10-7-12-29(22(30)32-23(2,3)4)19-20-8-6-9-24-18-20/h6,8-9,18H,5,7,10-17,19H2,1-4H3,(H2,25,26,27). The lowest BCUT2D eigenvalue weighted by atomic mass is 10.2. The number of guanidine groups is 1. The van der Waals surface area contributed by atoms with Crippen LogP contribution in [0.4, 0.5) is 4.79 Å². The van der Waals surface area contributed by atoms with Crippen LogP contribution in [0.5, 0.6) is 0 Å². The minimum Gasteiger partial charge on any atom is -0.444 e. The number of ether oxygens (including phenoxy) is 2. The molecule has 9 heteroatoms. The predicted molar refractivity (Wildman–Crippen MR) is 127 cm³/mol. The van der Waals surface area contributed by atoms with Crippen LogP contribution in [0.2, 0.25) is 0 Å². The molecule has 0 unspecified atom stereocenters. The molecule has 1 aromatic rings. The molecule has 180 valence electrons. The molecule has 32 heavy (non-hydrogen) atoms. The highest BCUT2D eigenvalue weighted by Gasteiger charge is 2.22. The van der Waals surface area contributed by atoms with Gasteiger partial charge in [-0.3, -0.25) is 14.9 Å². The SMILES string of the molecule is CCNC(=NCCCN(Cc1cccnc1)C(=O)OC(C)(C)C)NCCN1CCOCC1. The number of rotatable bonds is 10. The zero-order valence-corrected chi connectivity index (χ0v) is 20.1. The average molecular weight is 449 g/mol. The van der Waals surface area contributed by atoms with Gasteiger partial charge in [0.05, 0.1) is 19.8 Å². The van der Waals surface area contributed by atoms with Gasteiger partial charge >= 0.3 is 6.09 Å². The third-order valence-corrected chi connectivity index (χ3v) is 4.77. The Morgan fingerprint density at radius 1 is 1.31 bits per heavy atom. The maximum Gasteiger partial charge on any atom is 0.410 e. The Kier molecular flexibility index (Phi) is 11.2. The van der Waals surface area contributed by atoms with Crippen LogP contribution in [0.3, 0.4) is 0 Å². The van der Waals surface area contributed by atoms with Crippen molar-refractivity contribution in [1.29, 1.82) is 0 Å². The van der Waals surface area contributed by atoms with E-state index in [1.54, 1.807) is 17.3 Å². The Labute approximate surface area is 192 Å². The van der Waals surface area contributed by atoms with E-state index in [1.165, 1.54) is 0 Å². The normalized spacial score (nSPS) is 15.3. The molecule has 1 aromatic heterocycles. The molecule has 1 amide bonds. The van der Waals surface area contributed by atoms with Gasteiger partial charge in [0.25, 0.3) is 0 Å². The predicted octanol–water partition coefficient (Wildman–Crippen LogP) is 2.10. The summed E-state index contributed by atoms with van der Waals surface area (Å²) < 4.78 is 11.0. The summed E-state index contributed by atoms with van der Waals surface area (Å²) >= 11 is 0. The highest BCUT2D eigenvalue weighted by Crippen LogP contribution is 2.13. The van der Waals surface area contributed by atoms with Crippen LogP contribution >= 0.6 is 0 Å². The first-order valence-corrected chi connectivity index (χ1v) is 11.6. The number of hydrogen-bond acceptors (Lipinski definition) is 6. The largest absolute Gasteiger partial charge is 0.444 e. The lowest BCUT2D eigenvalue weighted by Gasteiger charge is -2.27. The van der Waals surface area contributed by atoms with Crippen molar-refractivity contribution in [3.8, 4) is 0 Å². The van der Waals surface area contributed by atoms with E-state index in [9.17, 15) is 4.79 Å². The molecule has 2 heterocycles. The molecular formula is C23H40N6O3. The Morgan fingerprint density at radius 2 is 2.09 bits per heavy atom. The number of nitrogens with one attached hydrogen (secondary N) is 2. The Hall–Kier alpha value is -2.39. The van der Waals surface area contributed by atoms with Crippen LogP contribution in [0.25, 0.3) is 0 Å². The van der Waals surface area contributed by atoms with Crippen LogP contribution in [0.15, 0.2) is 29.5 Å². The van der Waals surface area contributed by atoms with Crippen molar-refractivity contribution in [2.45, 2.75) is 46.3 Å². The number of aliphatic imine (C=N–C) groups is 1. The average Bonchev–Trinajstić information content (AvgIpc) is 2.76. The fourth-order valence-electron chi connectivity index (χ4n) is 3.22. The van der Waals surface area contributed by atoms with Gasteiger partial charge in [-0.25, -0.2) is 4.79 Å². The molecule has 0 radical (unpaired) electrons. The molecule has 2 N–H and O–H groups in total. The van der Waals surface area contributed by atoms with Gasteiger partial charge in [0.15, 0.2) is 5.96 Å². The second-order valence-corrected chi connectivity index (χ2v) is 8.76. The Morgan fingerprint density at radius 3 is 2.75 bits per heavy atom. The quantitative estimate of drug-likeness (QED) is 0.322. The van der Waals surface area contributed by atoms with E-state index < -0.39 is 5.60 Å². The Bertz CT molecular complexity index is 687. The van der Waals surface area contributed by atoms with Crippen molar-refractivity contribution in [1.82, 2.24) is 25.4 Å². The summed E-state index contributed by atoms with van der Waals surface area (Å²) in [5, 5.41) is 6.68. The van der Waals surface area contributed by atoms with Crippen molar-refractivity contribution in [2.24, 2.45) is 4.99 Å². The van der Waals surface area contributed by atoms with E-state index in [-0.39, 0.29) is 6.09 Å².